The number of carbonyl (C=O) groups excluding carboxylic acids is 2. The minimum absolute atomic E-state index is 0.316. The first kappa shape index (κ1) is 21.2. The lowest BCUT2D eigenvalue weighted by molar-refractivity contribution is -0.113. The molecule has 7 heteroatoms. The summed E-state index contributed by atoms with van der Waals surface area (Å²) in [6.45, 7) is 0.402. The molecule has 0 radical (unpaired) electrons. The molecule has 0 aliphatic carbocycles. The van der Waals surface area contributed by atoms with Crippen molar-refractivity contribution in [3.05, 3.63) is 93.3 Å². The molecule has 1 aliphatic heterocycles. The molecule has 1 heterocycles. The highest BCUT2D eigenvalue weighted by Gasteiger charge is 2.36. The van der Waals surface area contributed by atoms with Crippen LogP contribution in [0.5, 0.6) is 11.5 Å². The van der Waals surface area contributed by atoms with Crippen molar-refractivity contribution in [3.8, 4) is 11.5 Å². The minimum Gasteiger partial charge on any atom is -0.493 e. The summed E-state index contributed by atoms with van der Waals surface area (Å²) in [6, 6.07) is 22.2. The predicted octanol–water partition coefficient (Wildman–Crippen LogP) is 6.28. The van der Waals surface area contributed by atoms with Gasteiger partial charge >= 0.3 is 0 Å². The van der Waals surface area contributed by atoms with Crippen LogP contribution in [0.4, 0.5) is 10.5 Å². The van der Waals surface area contributed by atoms with E-state index >= 15 is 0 Å². The van der Waals surface area contributed by atoms with Crippen molar-refractivity contribution in [2.24, 2.45) is 0 Å². The molecule has 2 amide bonds. The molecule has 0 N–H and O–H groups in total. The average molecular weight is 496 g/mol. The Balaban J connectivity index is 1.52. The summed E-state index contributed by atoms with van der Waals surface area (Å²) >= 11 is 4.34. The molecule has 0 unspecified atom stereocenters. The second-order valence-electron chi connectivity index (χ2n) is 6.68. The van der Waals surface area contributed by atoms with Crippen LogP contribution in [0.15, 0.2) is 82.2 Å². The molecule has 1 fully saturated rings. The molecule has 1 aliphatic rings. The lowest BCUT2D eigenvalue weighted by Gasteiger charge is -2.12. The number of hydrogen-bond donors (Lipinski definition) is 0. The van der Waals surface area contributed by atoms with E-state index in [1.165, 1.54) is 4.90 Å². The summed E-state index contributed by atoms with van der Waals surface area (Å²) in [5, 5.41) is -0.316. The first-order valence-electron chi connectivity index (χ1n) is 9.43. The van der Waals surface area contributed by atoms with Gasteiger partial charge < -0.3 is 9.47 Å². The SMILES string of the molecule is COc1cc(/C=C2\SC(=O)N(c3ccccc3)C2=O)ccc1OCc1ccc(Br)cc1. The van der Waals surface area contributed by atoms with Crippen molar-refractivity contribution < 1.29 is 19.1 Å². The Labute approximate surface area is 192 Å². The number of carbonyl (C=O) groups is 2. The van der Waals surface area contributed by atoms with Gasteiger partial charge in [-0.2, -0.15) is 0 Å². The Kier molecular flexibility index (Phi) is 6.44. The molecule has 0 atom stereocenters. The summed E-state index contributed by atoms with van der Waals surface area (Å²) in [4.78, 5) is 26.7. The number of para-hydroxylation sites is 1. The van der Waals surface area contributed by atoms with Gasteiger partial charge in [0, 0.05) is 4.47 Å². The highest BCUT2D eigenvalue weighted by molar-refractivity contribution is 9.10. The molecule has 3 aromatic rings. The van der Waals surface area contributed by atoms with Crippen LogP contribution in [0.3, 0.4) is 0 Å². The third-order valence-corrected chi connectivity index (χ3v) is 6.00. The van der Waals surface area contributed by atoms with Crippen LogP contribution in [-0.2, 0) is 11.4 Å². The van der Waals surface area contributed by atoms with Crippen LogP contribution in [-0.4, -0.2) is 18.3 Å². The second kappa shape index (κ2) is 9.41. The Morgan fingerprint density at radius 3 is 2.42 bits per heavy atom. The summed E-state index contributed by atoms with van der Waals surface area (Å²) in [5.41, 5.74) is 2.33. The second-order valence-corrected chi connectivity index (χ2v) is 8.59. The van der Waals surface area contributed by atoms with Gasteiger partial charge in [0.2, 0.25) is 0 Å². The van der Waals surface area contributed by atoms with Crippen LogP contribution in [0.2, 0.25) is 0 Å². The third kappa shape index (κ3) is 4.84. The van der Waals surface area contributed by atoms with E-state index in [4.69, 9.17) is 9.47 Å². The van der Waals surface area contributed by atoms with Crippen LogP contribution >= 0.6 is 27.7 Å². The van der Waals surface area contributed by atoms with Gasteiger partial charge in [0.1, 0.15) is 6.61 Å². The van der Waals surface area contributed by atoms with Crippen molar-refractivity contribution in [2.45, 2.75) is 6.61 Å². The van der Waals surface area contributed by atoms with Crippen LogP contribution < -0.4 is 14.4 Å². The molecular weight excluding hydrogens is 478 g/mol. The van der Waals surface area contributed by atoms with E-state index in [2.05, 4.69) is 15.9 Å². The zero-order valence-corrected chi connectivity index (χ0v) is 19.0. The fourth-order valence-corrected chi connectivity index (χ4v) is 4.16. The van der Waals surface area contributed by atoms with E-state index < -0.39 is 0 Å². The molecule has 5 nitrogen and oxygen atoms in total. The van der Waals surface area contributed by atoms with Crippen molar-refractivity contribution >= 4 is 50.6 Å². The van der Waals surface area contributed by atoms with Gasteiger partial charge in [-0.1, -0.05) is 52.3 Å². The molecule has 3 aromatic carbocycles. The zero-order chi connectivity index (χ0) is 21.8. The van der Waals surface area contributed by atoms with Crippen LogP contribution in [0.1, 0.15) is 11.1 Å². The fraction of sp³-hybridized carbons (Fsp3) is 0.0833. The fourth-order valence-electron chi connectivity index (χ4n) is 3.05. The number of rotatable bonds is 6. The lowest BCUT2D eigenvalue weighted by atomic mass is 10.1. The topological polar surface area (TPSA) is 55.8 Å². The quantitative estimate of drug-likeness (QED) is 0.376. The molecule has 4 rings (SSSR count). The molecule has 0 bridgehead atoms. The Bertz CT molecular complexity index is 1150. The summed E-state index contributed by atoms with van der Waals surface area (Å²) < 4.78 is 12.4. The predicted molar refractivity (Wildman–Crippen MR) is 126 cm³/mol. The normalized spacial score (nSPS) is 14.9. The van der Waals surface area contributed by atoms with Gasteiger partial charge in [-0.15, -0.1) is 0 Å². The Morgan fingerprint density at radius 2 is 1.71 bits per heavy atom. The van der Waals surface area contributed by atoms with Gasteiger partial charge in [-0.05, 0) is 65.4 Å². The van der Waals surface area contributed by atoms with Crippen molar-refractivity contribution in [3.63, 3.8) is 0 Å². The van der Waals surface area contributed by atoms with Crippen molar-refractivity contribution in [1.29, 1.82) is 0 Å². The maximum Gasteiger partial charge on any atom is 0.298 e. The van der Waals surface area contributed by atoms with Crippen molar-refractivity contribution in [1.82, 2.24) is 0 Å². The number of anilines is 1. The number of amides is 2. The first-order chi connectivity index (χ1) is 15.0. The average Bonchev–Trinajstić information content (AvgIpc) is 3.07. The number of methoxy groups -OCH3 is 1. The number of thioether (sulfide) groups is 1. The third-order valence-electron chi connectivity index (χ3n) is 4.60. The van der Waals surface area contributed by atoms with E-state index in [9.17, 15) is 9.59 Å². The van der Waals surface area contributed by atoms with E-state index in [1.54, 1.807) is 49.6 Å². The van der Waals surface area contributed by atoms with Crippen molar-refractivity contribution in [2.75, 3.05) is 12.0 Å². The molecule has 0 spiro atoms. The number of halogens is 1. The van der Waals surface area contributed by atoms with Gasteiger partial charge in [-0.25, -0.2) is 4.90 Å². The number of ether oxygens (including phenoxy) is 2. The van der Waals surface area contributed by atoms with Crippen LogP contribution in [0.25, 0.3) is 6.08 Å². The molecule has 156 valence electrons. The minimum atomic E-state index is -0.337. The van der Waals surface area contributed by atoms with E-state index in [0.717, 1.165) is 27.4 Å². The Hall–Kier alpha value is -3.03. The van der Waals surface area contributed by atoms with Gasteiger partial charge in [0.25, 0.3) is 11.1 Å². The van der Waals surface area contributed by atoms with E-state index in [0.29, 0.717) is 28.7 Å². The molecule has 1 saturated heterocycles. The van der Waals surface area contributed by atoms with E-state index in [1.807, 2.05) is 36.4 Å². The summed E-state index contributed by atoms with van der Waals surface area (Å²) in [7, 11) is 1.56. The lowest BCUT2D eigenvalue weighted by Crippen LogP contribution is -2.27. The maximum atomic E-state index is 12.8. The van der Waals surface area contributed by atoms with Gasteiger partial charge in [0.05, 0.1) is 17.7 Å². The smallest absolute Gasteiger partial charge is 0.298 e. The number of nitrogens with zero attached hydrogens (tertiary/aromatic N) is 1. The molecule has 0 aromatic heterocycles. The highest BCUT2D eigenvalue weighted by atomic mass is 79.9. The summed E-state index contributed by atoms with van der Waals surface area (Å²) in [5.74, 6) is 0.809. The van der Waals surface area contributed by atoms with Crippen LogP contribution in [0, 0.1) is 0 Å². The summed E-state index contributed by atoms with van der Waals surface area (Å²) in [6.07, 6.45) is 1.69. The number of benzene rings is 3. The standard InChI is InChI=1S/C24H18BrNO4S/c1-29-21-13-17(9-12-20(21)30-15-16-7-10-18(25)11-8-16)14-22-23(27)26(24(28)31-22)19-5-3-2-4-6-19/h2-14H,15H2,1H3/b22-14-. The Morgan fingerprint density at radius 1 is 0.968 bits per heavy atom. The highest BCUT2D eigenvalue weighted by Crippen LogP contribution is 2.37. The van der Waals surface area contributed by atoms with Gasteiger partial charge in [-0.3, -0.25) is 9.59 Å². The first-order valence-corrected chi connectivity index (χ1v) is 11.0. The largest absolute Gasteiger partial charge is 0.493 e. The number of imide groups is 1. The maximum absolute atomic E-state index is 12.8. The monoisotopic (exact) mass is 495 g/mol. The molecule has 31 heavy (non-hydrogen) atoms. The zero-order valence-electron chi connectivity index (χ0n) is 16.6. The van der Waals surface area contributed by atoms with E-state index in [-0.39, 0.29) is 11.1 Å². The molecular formula is C24H18BrNO4S. The molecule has 0 saturated carbocycles. The number of hydrogen-bond acceptors (Lipinski definition) is 5. The van der Waals surface area contributed by atoms with Gasteiger partial charge in [0.15, 0.2) is 11.5 Å².